The molecule has 0 spiro atoms. The van der Waals surface area contributed by atoms with Crippen molar-refractivity contribution >= 4 is 21.4 Å². The number of rotatable bonds is 5. The number of nitrogens with two attached hydrogens (primary N) is 1. The average Bonchev–Trinajstić information content (AvgIpc) is 2.88. The van der Waals surface area contributed by atoms with E-state index in [1.165, 1.54) is 19.4 Å². The van der Waals surface area contributed by atoms with E-state index in [-0.39, 0.29) is 10.7 Å². The molecule has 0 saturated carbocycles. The molecular formula is C12H16N4O3S. The van der Waals surface area contributed by atoms with Crippen LogP contribution in [0.5, 0.6) is 5.75 Å². The number of imidazole rings is 1. The van der Waals surface area contributed by atoms with E-state index in [9.17, 15) is 8.42 Å². The van der Waals surface area contributed by atoms with E-state index in [0.29, 0.717) is 23.7 Å². The molecular weight excluding hydrogens is 280 g/mol. The summed E-state index contributed by atoms with van der Waals surface area (Å²) in [6.45, 7) is 1.88. The van der Waals surface area contributed by atoms with Crippen molar-refractivity contribution < 1.29 is 13.2 Å². The summed E-state index contributed by atoms with van der Waals surface area (Å²) in [5, 5.41) is -0.00109. The Morgan fingerprint density at radius 3 is 2.80 bits per heavy atom. The van der Waals surface area contributed by atoms with Crippen LogP contribution in [0.15, 0.2) is 29.4 Å². The number of aromatic nitrogens is 2. The second-order valence-corrected chi connectivity index (χ2v) is 5.76. The SMILES string of the molecule is CCc1ncc(S(=O)(=O)Nc2cc(N)ccc2OC)[nH]1. The van der Waals surface area contributed by atoms with Crippen molar-refractivity contribution in [3.05, 3.63) is 30.2 Å². The molecule has 8 heteroatoms. The van der Waals surface area contributed by atoms with E-state index in [1.807, 2.05) is 6.92 Å². The van der Waals surface area contributed by atoms with Gasteiger partial charge in [-0.2, -0.15) is 8.42 Å². The quantitative estimate of drug-likeness (QED) is 0.722. The number of anilines is 2. The lowest BCUT2D eigenvalue weighted by Gasteiger charge is -2.11. The first kappa shape index (κ1) is 14.2. The third kappa shape index (κ3) is 2.85. The molecule has 2 aromatic rings. The van der Waals surface area contributed by atoms with Gasteiger partial charge in [-0.3, -0.25) is 4.72 Å². The predicted octanol–water partition coefficient (Wildman–Crippen LogP) is 1.36. The molecule has 0 saturated heterocycles. The highest BCUT2D eigenvalue weighted by atomic mass is 32.2. The van der Waals surface area contributed by atoms with E-state index in [2.05, 4.69) is 14.7 Å². The lowest BCUT2D eigenvalue weighted by Crippen LogP contribution is -2.14. The van der Waals surface area contributed by atoms with E-state index in [0.717, 1.165) is 0 Å². The fourth-order valence-electron chi connectivity index (χ4n) is 1.66. The third-order valence-electron chi connectivity index (χ3n) is 2.70. The van der Waals surface area contributed by atoms with E-state index >= 15 is 0 Å². The van der Waals surface area contributed by atoms with Gasteiger partial charge in [-0.15, -0.1) is 0 Å². The van der Waals surface area contributed by atoms with Crippen LogP contribution in [0.3, 0.4) is 0 Å². The number of benzene rings is 1. The van der Waals surface area contributed by atoms with Crippen LogP contribution >= 0.6 is 0 Å². The van der Waals surface area contributed by atoms with E-state index in [4.69, 9.17) is 10.5 Å². The van der Waals surface area contributed by atoms with Crippen molar-refractivity contribution in [1.82, 2.24) is 9.97 Å². The number of hydrogen-bond acceptors (Lipinski definition) is 5. The molecule has 0 amide bonds. The second kappa shape index (κ2) is 5.41. The number of nitrogens with one attached hydrogen (secondary N) is 2. The van der Waals surface area contributed by atoms with Crippen molar-refractivity contribution in [3.8, 4) is 5.75 Å². The van der Waals surface area contributed by atoms with Crippen LogP contribution in [0.4, 0.5) is 11.4 Å². The molecule has 0 aliphatic heterocycles. The van der Waals surface area contributed by atoms with Crippen LogP contribution in [-0.4, -0.2) is 25.5 Å². The summed E-state index contributed by atoms with van der Waals surface area (Å²) in [6.07, 6.45) is 1.90. The van der Waals surface area contributed by atoms with Gasteiger partial charge in [0.15, 0.2) is 5.03 Å². The van der Waals surface area contributed by atoms with Crippen molar-refractivity contribution in [2.75, 3.05) is 17.6 Å². The monoisotopic (exact) mass is 296 g/mol. The maximum absolute atomic E-state index is 12.2. The molecule has 1 aromatic heterocycles. The lowest BCUT2D eigenvalue weighted by atomic mass is 10.2. The number of H-pyrrole nitrogens is 1. The van der Waals surface area contributed by atoms with Crippen LogP contribution in [0.2, 0.25) is 0 Å². The van der Waals surface area contributed by atoms with Gasteiger partial charge in [0, 0.05) is 12.1 Å². The topological polar surface area (TPSA) is 110 Å². The first-order chi connectivity index (χ1) is 9.46. The lowest BCUT2D eigenvalue weighted by molar-refractivity contribution is 0.417. The molecule has 1 heterocycles. The van der Waals surface area contributed by atoms with Gasteiger partial charge in [-0.25, -0.2) is 4.98 Å². The summed E-state index contributed by atoms with van der Waals surface area (Å²) in [4.78, 5) is 6.71. The van der Waals surface area contributed by atoms with Crippen molar-refractivity contribution in [3.63, 3.8) is 0 Å². The standard InChI is InChI=1S/C12H16N4O3S/c1-3-11-14-7-12(15-11)20(17,18)16-9-6-8(13)4-5-10(9)19-2/h4-7,16H,3,13H2,1-2H3,(H,14,15). The smallest absolute Gasteiger partial charge is 0.279 e. The maximum Gasteiger partial charge on any atom is 0.279 e. The summed E-state index contributed by atoms with van der Waals surface area (Å²) >= 11 is 0. The molecule has 2 rings (SSSR count). The summed E-state index contributed by atoms with van der Waals surface area (Å²) in [7, 11) is -2.30. The molecule has 108 valence electrons. The zero-order valence-electron chi connectivity index (χ0n) is 11.2. The van der Waals surface area contributed by atoms with Gasteiger partial charge in [0.05, 0.1) is 19.0 Å². The van der Waals surface area contributed by atoms with Gasteiger partial charge < -0.3 is 15.5 Å². The molecule has 0 bridgehead atoms. The number of nitrogen functional groups attached to an aromatic ring is 1. The molecule has 0 radical (unpaired) electrons. The average molecular weight is 296 g/mol. The molecule has 0 aliphatic carbocycles. The molecule has 0 unspecified atom stereocenters. The van der Waals surface area contributed by atoms with Gasteiger partial charge in [0.25, 0.3) is 10.0 Å². The predicted molar refractivity (Wildman–Crippen MR) is 76.2 cm³/mol. The number of ether oxygens (including phenoxy) is 1. The zero-order chi connectivity index (χ0) is 14.8. The largest absolute Gasteiger partial charge is 0.495 e. The Bertz CT molecular complexity index is 709. The number of nitrogens with zero attached hydrogens (tertiary/aromatic N) is 1. The minimum atomic E-state index is -3.76. The first-order valence-electron chi connectivity index (χ1n) is 5.96. The number of aryl methyl sites for hydroxylation is 1. The molecule has 0 aliphatic rings. The van der Waals surface area contributed by atoms with Crippen LogP contribution in [-0.2, 0) is 16.4 Å². The minimum Gasteiger partial charge on any atom is -0.495 e. The molecule has 1 aromatic carbocycles. The van der Waals surface area contributed by atoms with Crippen LogP contribution in [0, 0.1) is 0 Å². The molecule has 7 nitrogen and oxygen atoms in total. The molecule has 0 fully saturated rings. The maximum atomic E-state index is 12.2. The molecule has 4 N–H and O–H groups in total. The zero-order valence-corrected chi connectivity index (χ0v) is 12.0. The summed E-state index contributed by atoms with van der Waals surface area (Å²) in [6, 6.07) is 4.72. The third-order valence-corrected chi connectivity index (χ3v) is 3.97. The van der Waals surface area contributed by atoms with Crippen LogP contribution in [0.25, 0.3) is 0 Å². The Hall–Kier alpha value is -2.22. The fourth-order valence-corrected chi connectivity index (χ4v) is 2.67. The number of hydrogen-bond donors (Lipinski definition) is 3. The van der Waals surface area contributed by atoms with Crippen molar-refractivity contribution in [2.24, 2.45) is 0 Å². The highest BCUT2D eigenvalue weighted by molar-refractivity contribution is 7.92. The highest BCUT2D eigenvalue weighted by Crippen LogP contribution is 2.28. The Labute approximate surface area is 117 Å². The Morgan fingerprint density at radius 2 is 2.20 bits per heavy atom. The fraction of sp³-hybridized carbons (Fsp3) is 0.250. The second-order valence-electron chi connectivity index (χ2n) is 4.11. The summed E-state index contributed by atoms with van der Waals surface area (Å²) in [5.74, 6) is 0.989. The Morgan fingerprint density at radius 1 is 1.45 bits per heavy atom. The first-order valence-corrected chi connectivity index (χ1v) is 7.44. The van der Waals surface area contributed by atoms with Gasteiger partial charge >= 0.3 is 0 Å². The van der Waals surface area contributed by atoms with Crippen molar-refractivity contribution in [1.29, 1.82) is 0 Å². The summed E-state index contributed by atoms with van der Waals surface area (Å²) < 4.78 is 32.0. The van der Waals surface area contributed by atoms with Gasteiger partial charge in [-0.1, -0.05) is 6.92 Å². The van der Waals surface area contributed by atoms with Gasteiger partial charge in [0.1, 0.15) is 11.6 Å². The number of aromatic amines is 1. The Kier molecular flexibility index (Phi) is 3.84. The van der Waals surface area contributed by atoms with Crippen LogP contribution in [0.1, 0.15) is 12.7 Å². The normalized spacial score (nSPS) is 11.3. The van der Waals surface area contributed by atoms with E-state index in [1.54, 1.807) is 12.1 Å². The van der Waals surface area contributed by atoms with Gasteiger partial charge in [0.2, 0.25) is 0 Å². The Balaban J connectivity index is 2.35. The van der Waals surface area contributed by atoms with E-state index < -0.39 is 10.0 Å². The number of sulfonamides is 1. The molecule has 20 heavy (non-hydrogen) atoms. The number of methoxy groups -OCH3 is 1. The van der Waals surface area contributed by atoms with Crippen LogP contribution < -0.4 is 15.2 Å². The van der Waals surface area contributed by atoms with Crippen molar-refractivity contribution in [2.45, 2.75) is 18.4 Å². The summed E-state index contributed by atoms with van der Waals surface area (Å²) in [5.41, 5.74) is 6.37. The van der Waals surface area contributed by atoms with Gasteiger partial charge in [-0.05, 0) is 18.2 Å². The highest BCUT2D eigenvalue weighted by Gasteiger charge is 2.19. The molecule has 0 atom stereocenters. The minimum absolute atomic E-state index is 0.00109.